The summed E-state index contributed by atoms with van der Waals surface area (Å²) >= 11 is 0. The van der Waals surface area contributed by atoms with E-state index in [1.807, 2.05) is 6.20 Å². The Labute approximate surface area is 97.7 Å². The van der Waals surface area contributed by atoms with Crippen molar-refractivity contribution in [2.45, 2.75) is 51.4 Å². The molecule has 0 aliphatic heterocycles. The van der Waals surface area contributed by atoms with Crippen LogP contribution in [0, 0.1) is 0 Å². The van der Waals surface area contributed by atoms with Crippen LogP contribution in [-0.2, 0) is 0 Å². The average molecular weight is 219 g/mol. The van der Waals surface area contributed by atoms with Crippen LogP contribution in [0.5, 0.6) is 0 Å². The van der Waals surface area contributed by atoms with E-state index in [9.17, 15) is 0 Å². The summed E-state index contributed by atoms with van der Waals surface area (Å²) in [5, 5.41) is 3.32. The van der Waals surface area contributed by atoms with Crippen molar-refractivity contribution < 1.29 is 0 Å². The molecule has 88 valence electrons. The fourth-order valence-corrected chi connectivity index (χ4v) is 2.50. The Morgan fingerprint density at radius 3 is 2.50 bits per heavy atom. The van der Waals surface area contributed by atoms with Crippen molar-refractivity contribution in [2.75, 3.05) is 11.9 Å². The molecule has 2 rings (SSSR count). The molecule has 0 saturated heterocycles. The van der Waals surface area contributed by atoms with Gasteiger partial charge in [-0.2, -0.15) is 0 Å². The lowest BCUT2D eigenvalue weighted by atomic mass is 9.96. The topological polar surface area (TPSA) is 37.8 Å². The van der Waals surface area contributed by atoms with Crippen molar-refractivity contribution in [3.8, 4) is 0 Å². The number of anilines is 1. The zero-order valence-electron chi connectivity index (χ0n) is 10.1. The van der Waals surface area contributed by atoms with Crippen molar-refractivity contribution in [1.29, 1.82) is 0 Å². The Morgan fingerprint density at radius 2 is 1.81 bits per heavy atom. The molecule has 3 nitrogen and oxygen atoms in total. The fourth-order valence-electron chi connectivity index (χ4n) is 2.50. The molecule has 0 radical (unpaired) electrons. The molecule has 1 saturated carbocycles. The van der Waals surface area contributed by atoms with E-state index in [-0.39, 0.29) is 0 Å². The fraction of sp³-hybridized carbons (Fsp3) is 0.692. The van der Waals surface area contributed by atoms with Crippen LogP contribution in [0.1, 0.15) is 57.1 Å². The van der Waals surface area contributed by atoms with Crippen LogP contribution in [0.25, 0.3) is 0 Å². The van der Waals surface area contributed by atoms with E-state index >= 15 is 0 Å². The van der Waals surface area contributed by atoms with Gasteiger partial charge in [0.15, 0.2) is 0 Å². The number of nitrogens with one attached hydrogen (secondary N) is 1. The van der Waals surface area contributed by atoms with Gasteiger partial charge in [0.25, 0.3) is 0 Å². The Bertz CT molecular complexity index is 317. The first-order chi connectivity index (χ1) is 7.92. The van der Waals surface area contributed by atoms with Gasteiger partial charge in [0.1, 0.15) is 5.82 Å². The van der Waals surface area contributed by atoms with Gasteiger partial charge in [0, 0.05) is 24.9 Å². The molecular formula is C13H21N3. The Hall–Kier alpha value is -1.12. The number of hydrogen-bond acceptors (Lipinski definition) is 3. The summed E-state index contributed by atoms with van der Waals surface area (Å²) in [7, 11) is 0. The van der Waals surface area contributed by atoms with Crippen LogP contribution in [0.3, 0.4) is 0 Å². The molecule has 0 bridgehead atoms. The van der Waals surface area contributed by atoms with Gasteiger partial charge in [-0.05, 0) is 19.8 Å². The minimum Gasteiger partial charge on any atom is -0.369 e. The van der Waals surface area contributed by atoms with Gasteiger partial charge >= 0.3 is 0 Å². The molecule has 0 spiro atoms. The zero-order valence-corrected chi connectivity index (χ0v) is 10.1. The first kappa shape index (κ1) is 11.4. The third-order valence-corrected chi connectivity index (χ3v) is 3.31. The normalized spacial score (nSPS) is 18.1. The predicted molar refractivity (Wildman–Crippen MR) is 66.6 cm³/mol. The molecule has 1 heterocycles. The Kier molecular flexibility index (Phi) is 4.14. The lowest BCUT2D eigenvalue weighted by Crippen LogP contribution is -2.09. The molecule has 1 aliphatic carbocycles. The highest BCUT2D eigenvalue weighted by molar-refractivity contribution is 5.41. The summed E-state index contributed by atoms with van der Waals surface area (Å²) in [5.74, 6) is 1.61. The molecule has 0 atom stereocenters. The van der Waals surface area contributed by atoms with Crippen LogP contribution in [0.4, 0.5) is 5.82 Å². The SMILES string of the molecule is CCNc1nccnc1C1CCCCCC1. The smallest absolute Gasteiger partial charge is 0.148 e. The highest BCUT2D eigenvalue weighted by Gasteiger charge is 2.19. The molecule has 0 unspecified atom stereocenters. The van der Waals surface area contributed by atoms with Gasteiger partial charge in [-0.3, -0.25) is 4.98 Å². The molecule has 1 fully saturated rings. The van der Waals surface area contributed by atoms with Gasteiger partial charge in [0.05, 0.1) is 5.69 Å². The van der Waals surface area contributed by atoms with Crippen LogP contribution in [0.2, 0.25) is 0 Å². The third kappa shape index (κ3) is 2.71. The maximum atomic E-state index is 4.54. The van der Waals surface area contributed by atoms with Crippen LogP contribution in [0.15, 0.2) is 12.4 Å². The Balaban J connectivity index is 2.16. The maximum Gasteiger partial charge on any atom is 0.148 e. The second-order valence-electron chi connectivity index (χ2n) is 4.51. The standard InChI is InChI=1S/C13H21N3/c1-2-14-13-12(15-9-10-16-13)11-7-5-3-4-6-8-11/h9-11H,2-8H2,1H3,(H,14,16). The van der Waals surface area contributed by atoms with Crippen LogP contribution >= 0.6 is 0 Å². The Morgan fingerprint density at radius 1 is 1.12 bits per heavy atom. The maximum absolute atomic E-state index is 4.54. The van der Waals surface area contributed by atoms with Gasteiger partial charge < -0.3 is 5.32 Å². The number of hydrogen-bond donors (Lipinski definition) is 1. The summed E-state index contributed by atoms with van der Waals surface area (Å²) in [6.45, 7) is 3.02. The summed E-state index contributed by atoms with van der Waals surface area (Å²) in [5.41, 5.74) is 1.19. The number of rotatable bonds is 3. The van der Waals surface area contributed by atoms with Crippen molar-refractivity contribution >= 4 is 5.82 Å². The van der Waals surface area contributed by atoms with E-state index in [1.54, 1.807) is 6.20 Å². The van der Waals surface area contributed by atoms with E-state index in [2.05, 4.69) is 22.2 Å². The zero-order chi connectivity index (χ0) is 11.2. The third-order valence-electron chi connectivity index (χ3n) is 3.31. The minimum atomic E-state index is 0.616. The second kappa shape index (κ2) is 5.83. The van der Waals surface area contributed by atoms with E-state index in [4.69, 9.17) is 0 Å². The highest BCUT2D eigenvalue weighted by atomic mass is 15.0. The summed E-state index contributed by atoms with van der Waals surface area (Å²) in [6, 6.07) is 0. The molecule has 0 amide bonds. The number of aromatic nitrogens is 2. The molecule has 1 aromatic heterocycles. The second-order valence-corrected chi connectivity index (χ2v) is 4.51. The first-order valence-electron chi connectivity index (χ1n) is 6.46. The monoisotopic (exact) mass is 219 g/mol. The molecule has 1 aliphatic rings. The highest BCUT2D eigenvalue weighted by Crippen LogP contribution is 2.33. The summed E-state index contributed by atoms with van der Waals surface area (Å²) in [6.07, 6.45) is 11.6. The summed E-state index contributed by atoms with van der Waals surface area (Å²) < 4.78 is 0. The lowest BCUT2D eigenvalue weighted by molar-refractivity contribution is 0.576. The van der Waals surface area contributed by atoms with Crippen LogP contribution < -0.4 is 5.32 Å². The van der Waals surface area contributed by atoms with Crippen molar-refractivity contribution in [3.05, 3.63) is 18.1 Å². The molecule has 0 aromatic carbocycles. The molecular weight excluding hydrogens is 198 g/mol. The predicted octanol–water partition coefficient (Wildman–Crippen LogP) is 3.35. The van der Waals surface area contributed by atoms with E-state index in [1.165, 1.54) is 44.2 Å². The quantitative estimate of drug-likeness (QED) is 0.792. The largest absolute Gasteiger partial charge is 0.369 e. The van der Waals surface area contributed by atoms with E-state index < -0.39 is 0 Å². The molecule has 1 aromatic rings. The van der Waals surface area contributed by atoms with Crippen molar-refractivity contribution in [3.63, 3.8) is 0 Å². The van der Waals surface area contributed by atoms with Crippen molar-refractivity contribution in [1.82, 2.24) is 9.97 Å². The lowest BCUT2D eigenvalue weighted by Gasteiger charge is -2.16. The summed E-state index contributed by atoms with van der Waals surface area (Å²) in [4.78, 5) is 8.94. The van der Waals surface area contributed by atoms with Crippen LogP contribution in [-0.4, -0.2) is 16.5 Å². The van der Waals surface area contributed by atoms with Gasteiger partial charge in [0.2, 0.25) is 0 Å². The van der Waals surface area contributed by atoms with Gasteiger partial charge in [-0.1, -0.05) is 25.7 Å². The molecule has 3 heteroatoms. The first-order valence-corrected chi connectivity index (χ1v) is 6.46. The molecule has 1 N–H and O–H groups in total. The molecule has 16 heavy (non-hydrogen) atoms. The number of nitrogens with zero attached hydrogens (tertiary/aromatic N) is 2. The minimum absolute atomic E-state index is 0.616. The average Bonchev–Trinajstić information content (AvgIpc) is 2.59. The van der Waals surface area contributed by atoms with E-state index in [0.717, 1.165) is 12.4 Å². The van der Waals surface area contributed by atoms with E-state index in [0.29, 0.717) is 5.92 Å². The van der Waals surface area contributed by atoms with Crippen molar-refractivity contribution in [2.24, 2.45) is 0 Å². The van der Waals surface area contributed by atoms with Gasteiger partial charge in [-0.25, -0.2) is 4.98 Å². The van der Waals surface area contributed by atoms with Gasteiger partial charge in [-0.15, -0.1) is 0 Å².